The van der Waals surface area contributed by atoms with Gasteiger partial charge >= 0.3 is 5.97 Å². The minimum absolute atomic E-state index is 0.368. The lowest BCUT2D eigenvalue weighted by Gasteiger charge is -2.08. The molecule has 0 amide bonds. The summed E-state index contributed by atoms with van der Waals surface area (Å²) in [7, 11) is 0. The minimum atomic E-state index is -0.368. The lowest BCUT2D eigenvalue weighted by Crippen LogP contribution is -2.08. The molecule has 0 saturated carbocycles. The number of hydrogen-bond donors (Lipinski definition) is 0. The normalized spacial score (nSPS) is 10.7. The van der Waals surface area contributed by atoms with E-state index in [1.807, 2.05) is 36.4 Å². The van der Waals surface area contributed by atoms with Crippen LogP contribution in [0.2, 0.25) is 0 Å². The summed E-state index contributed by atoms with van der Waals surface area (Å²) in [4.78, 5) is 12.5. The lowest BCUT2D eigenvalue weighted by atomic mass is 10.0. The van der Waals surface area contributed by atoms with Crippen molar-refractivity contribution in [1.29, 1.82) is 0 Å². The molecule has 3 heteroatoms. The van der Waals surface area contributed by atoms with Crippen molar-refractivity contribution in [3.63, 3.8) is 0 Å². The van der Waals surface area contributed by atoms with E-state index in [-0.39, 0.29) is 5.97 Å². The second-order valence-corrected chi connectivity index (χ2v) is 8.10. The first-order chi connectivity index (χ1) is 15.7. The van der Waals surface area contributed by atoms with Crippen molar-refractivity contribution in [1.82, 2.24) is 0 Å². The number of carbonyl (C=O) groups excluding carboxylic acids is 1. The average molecular weight is 431 g/mol. The summed E-state index contributed by atoms with van der Waals surface area (Å²) in [5.74, 6) is 0.952. The van der Waals surface area contributed by atoms with Gasteiger partial charge in [-0.3, -0.25) is 0 Å². The van der Waals surface area contributed by atoms with Crippen molar-refractivity contribution >= 4 is 5.97 Å². The number of esters is 1. The zero-order valence-corrected chi connectivity index (χ0v) is 19.3. The number of aryl methyl sites for hydroxylation is 1. The fourth-order valence-electron chi connectivity index (χ4n) is 3.57. The van der Waals surface area contributed by atoms with E-state index in [9.17, 15) is 4.79 Å². The molecule has 0 aliphatic heterocycles. The van der Waals surface area contributed by atoms with E-state index in [1.54, 1.807) is 12.1 Å². The van der Waals surface area contributed by atoms with Crippen molar-refractivity contribution in [2.24, 2.45) is 0 Å². The van der Waals surface area contributed by atoms with Crippen LogP contribution in [-0.4, -0.2) is 12.6 Å². The zero-order chi connectivity index (χ0) is 22.6. The molecule has 3 aromatic rings. The van der Waals surface area contributed by atoms with Gasteiger partial charge in [0.05, 0.1) is 12.2 Å². The second-order valence-electron chi connectivity index (χ2n) is 8.10. The average Bonchev–Trinajstić information content (AvgIpc) is 2.84. The quantitative estimate of drug-likeness (QED) is 0.167. The van der Waals surface area contributed by atoms with Crippen molar-refractivity contribution in [2.45, 2.75) is 58.8 Å². The summed E-state index contributed by atoms with van der Waals surface area (Å²) in [5, 5.41) is 0. The predicted molar refractivity (Wildman–Crippen MR) is 132 cm³/mol. The molecule has 0 aliphatic carbocycles. The number of hydrogen-bond acceptors (Lipinski definition) is 3. The van der Waals surface area contributed by atoms with Gasteiger partial charge in [0.2, 0.25) is 0 Å². The molecular formula is C29H34O3. The third kappa shape index (κ3) is 7.26. The highest BCUT2D eigenvalue weighted by Crippen LogP contribution is 2.24. The van der Waals surface area contributed by atoms with Gasteiger partial charge in [0.25, 0.3) is 0 Å². The Morgan fingerprint density at radius 2 is 1.22 bits per heavy atom. The van der Waals surface area contributed by atoms with Crippen molar-refractivity contribution in [2.75, 3.05) is 6.61 Å². The van der Waals surface area contributed by atoms with E-state index in [2.05, 4.69) is 38.1 Å². The molecule has 3 nitrogen and oxygen atoms in total. The Bertz CT molecular complexity index is 941. The fourth-order valence-corrected chi connectivity index (χ4v) is 3.57. The Kier molecular flexibility index (Phi) is 9.37. The molecule has 0 fully saturated rings. The van der Waals surface area contributed by atoms with Crippen LogP contribution in [0.5, 0.6) is 11.5 Å². The van der Waals surface area contributed by atoms with Crippen LogP contribution >= 0.6 is 0 Å². The van der Waals surface area contributed by atoms with Crippen molar-refractivity contribution in [3.8, 4) is 22.6 Å². The number of benzene rings is 3. The Labute approximate surface area is 192 Å². The highest BCUT2D eigenvalue weighted by molar-refractivity contribution is 5.91. The molecule has 3 rings (SSSR count). The lowest BCUT2D eigenvalue weighted by molar-refractivity contribution is 0.0734. The fraction of sp³-hybridized carbons (Fsp3) is 0.345. The van der Waals surface area contributed by atoms with Gasteiger partial charge in [-0.15, -0.1) is 0 Å². The van der Waals surface area contributed by atoms with Crippen LogP contribution in [0, 0.1) is 0 Å². The monoisotopic (exact) mass is 430 g/mol. The van der Waals surface area contributed by atoms with Crippen molar-refractivity contribution in [3.05, 3.63) is 83.9 Å². The maximum absolute atomic E-state index is 12.5. The molecule has 3 aromatic carbocycles. The largest absolute Gasteiger partial charge is 0.494 e. The van der Waals surface area contributed by atoms with Gasteiger partial charge in [-0.1, -0.05) is 82.3 Å². The van der Waals surface area contributed by atoms with Gasteiger partial charge in [-0.25, -0.2) is 4.79 Å². The number of carbonyl (C=O) groups is 1. The van der Waals surface area contributed by atoms with E-state index >= 15 is 0 Å². The van der Waals surface area contributed by atoms with Crippen LogP contribution in [0.3, 0.4) is 0 Å². The first kappa shape index (κ1) is 23.6. The second kappa shape index (κ2) is 12.7. The van der Waals surface area contributed by atoms with Gasteiger partial charge < -0.3 is 9.47 Å². The first-order valence-electron chi connectivity index (χ1n) is 11.8. The maximum Gasteiger partial charge on any atom is 0.343 e. The molecule has 0 spiro atoms. The summed E-state index contributed by atoms with van der Waals surface area (Å²) < 4.78 is 11.3. The predicted octanol–water partition coefficient (Wildman–Crippen LogP) is 7.87. The molecular weight excluding hydrogens is 396 g/mol. The molecule has 0 unspecified atom stereocenters. The van der Waals surface area contributed by atoms with E-state index in [0.717, 1.165) is 29.7 Å². The Morgan fingerprint density at radius 3 is 1.84 bits per heavy atom. The van der Waals surface area contributed by atoms with Crippen LogP contribution in [0.25, 0.3) is 11.1 Å². The SMILES string of the molecule is CCCCCCCCOc1ccc(C(=O)Oc2ccc(-c3ccc(CC)cc3)cc2)cc1. The van der Waals surface area contributed by atoms with Gasteiger partial charge in [-0.2, -0.15) is 0 Å². The number of ether oxygens (including phenoxy) is 2. The van der Waals surface area contributed by atoms with Crippen LogP contribution in [0.15, 0.2) is 72.8 Å². The van der Waals surface area contributed by atoms with Gasteiger partial charge in [0.1, 0.15) is 11.5 Å². The van der Waals surface area contributed by atoms with E-state index in [4.69, 9.17) is 9.47 Å². The van der Waals surface area contributed by atoms with E-state index in [1.165, 1.54) is 37.7 Å². The minimum Gasteiger partial charge on any atom is -0.494 e. The van der Waals surface area contributed by atoms with Crippen molar-refractivity contribution < 1.29 is 14.3 Å². The van der Waals surface area contributed by atoms with Crippen LogP contribution in [0.1, 0.15) is 68.3 Å². The first-order valence-corrected chi connectivity index (χ1v) is 11.8. The van der Waals surface area contributed by atoms with Crippen LogP contribution < -0.4 is 9.47 Å². The molecule has 0 heterocycles. The van der Waals surface area contributed by atoms with Gasteiger partial charge in [0.15, 0.2) is 0 Å². The Balaban J connectivity index is 1.46. The zero-order valence-electron chi connectivity index (χ0n) is 19.3. The molecule has 0 radical (unpaired) electrons. The summed E-state index contributed by atoms with van der Waals surface area (Å²) in [5.41, 5.74) is 4.07. The summed E-state index contributed by atoms with van der Waals surface area (Å²) in [6, 6.07) is 23.3. The summed E-state index contributed by atoms with van der Waals surface area (Å²) >= 11 is 0. The molecule has 0 N–H and O–H groups in total. The Hall–Kier alpha value is -3.07. The molecule has 0 aromatic heterocycles. The van der Waals surface area contributed by atoms with Gasteiger partial charge in [-0.05, 0) is 65.9 Å². The van der Waals surface area contributed by atoms with Crippen LogP contribution in [-0.2, 0) is 6.42 Å². The maximum atomic E-state index is 12.5. The standard InChI is InChI=1S/C29H34O3/c1-3-5-6-7-8-9-22-31-27-18-16-26(17-19-27)29(30)32-28-20-14-25(15-21-28)24-12-10-23(4-2)11-13-24/h10-21H,3-9,22H2,1-2H3. The number of rotatable bonds is 12. The topological polar surface area (TPSA) is 35.5 Å². The summed E-state index contributed by atoms with van der Waals surface area (Å²) in [6.45, 7) is 5.09. The smallest absolute Gasteiger partial charge is 0.343 e. The molecule has 168 valence electrons. The third-order valence-electron chi connectivity index (χ3n) is 5.62. The van der Waals surface area contributed by atoms with Gasteiger partial charge in [0, 0.05) is 0 Å². The van der Waals surface area contributed by atoms with E-state index < -0.39 is 0 Å². The van der Waals surface area contributed by atoms with Crippen LogP contribution in [0.4, 0.5) is 0 Å². The number of unbranched alkanes of at least 4 members (excludes halogenated alkanes) is 5. The summed E-state index contributed by atoms with van der Waals surface area (Å²) in [6.07, 6.45) is 8.45. The Morgan fingerprint density at radius 1 is 0.656 bits per heavy atom. The van der Waals surface area contributed by atoms with E-state index in [0.29, 0.717) is 17.9 Å². The highest BCUT2D eigenvalue weighted by atomic mass is 16.5. The molecule has 32 heavy (non-hydrogen) atoms. The third-order valence-corrected chi connectivity index (χ3v) is 5.62. The molecule has 0 saturated heterocycles. The molecule has 0 atom stereocenters. The molecule has 0 bridgehead atoms. The highest BCUT2D eigenvalue weighted by Gasteiger charge is 2.09. The molecule has 0 aliphatic rings.